The molecule has 1 aromatic heterocycles. The molecular formula is C4HF2N2. The van der Waals surface area contributed by atoms with E-state index in [1.807, 2.05) is 0 Å². The lowest BCUT2D eigenvalue weighted by molar-refractivity contribution is 0.523. The van der Waals surface area contributed by atoms with Crippen LogP contribution in [0.3, 0.4) is 0 Å². The van der Waals surface area contributed by atoms with E-state index in [9.17, 15) is 8.78 Å². The lowest BCUT2D eigenvalue weighted by Crippen LogP contribution is -1.87. The molecule has 0 bridgehead atoms. The largest absolute Gasteiger partial charge is 0.219 e. The van der Waals surface area contributed by atoms with E-state index in [4.69, 9.17) is 0 Å². The quantitative estimate of drug-likeness (QED) is 0.461. The second-order valence-electron chi connectivity index (χ2n) is 1.11. The lowest BCUT2D eigenvalue weighted by atomic mass is 10.6. The minimum absolute atomic E-state index is 0.580. The molecule has 1 heterocycles. The highest BCUT2D eigenvalue weighted by molar-refractivity contribution is 4.82. The highest BCUT2D eigenvalue weighted by Gasteiger charge is 1.92. The average Bonchev–Trinajstić information content (AvgIpc) is 1.64. The SMILES string of the molecule is Fc1cc(F)n[c]n1. The minimum Gasteiger partial charge on any atom is -0.196 e. The van der Waals surface area contributed by atoms with E-state index >= 15 is 0 Å². The molecule has 0 amide bonds. The number of nitrogens with zero attached hydrogens (tertiary/aromatic N) is 2. The Morgan fingerprint density at radius 2 is 1.75 bits per heavy atom. The molecule has 41 valence electrons. The van der Waals surface area contributed by atoms with Crippen LogP contribution in [0.15, 0.2) is 6.07 Å². The van der Waals surface area contributed by atoms with Crippen LogP contribution >= 0.6 is 0 Å². The van der Waals surface area contributed by atoms with Crippen molar-refractivity contribution in [3.8, 4) is 0 Å². The van der Waals surface area contributed by atoms with Gasteiger partial charge in [0.1, 0.15) is 0 Å². The Balaban J connectivity index is 3.08. The molecule has 1 aromatic rings. The van der Waals surface area contributed by atoms with Crippen molar-refractivity contribution in [2.24, 2.45) is 0 Å². The number of halogens is 2. The highest BCUT2D eigenvalue weighted by Crippen LogP contribution is 1.90. The smallest absolute Gasteiger partial charge is 0.196 e. The van der Waals surface area contributed by atoms with Gasteiger partial charge in [0.05, 0.1) is 0 Å². The maximum atomic E-state index is 11.7. The molecule has 0 N–H and O–H groups in total. The van der Waals surface area contributed by atoms with E-state index < -0.39 is 11.9 Å². The highest BCUT2D eigenvalue weighted by atomic mass is 19.1. The fraction of sp³-hybridized carbons (Fsp3) is 0. The molecule has 8 heavy (non-hydrogen) atoms. The molecule has 0 saturated heterocycles. The Morgan fingerprint density at radius 3 is 2.00 bits per heavy atom. The van der Waals surface area contributed by atoms with Gasteiger partial charge in [0.25, 0.3) is 0 Å². The van der Waals surface area contributed by atoms with Crippen molar-refractivity contribution < 1.29 is 8.78 Å². The zero-order valence-corrected chi connectivity index (χ0v) is 3.73. The summed E-state index contributed by atoms with van der Waals surface area (Å²) in [4.78, 5) is 5.79. The van der Waals surface area contributed by atoms with E-state index in [1.165, 1.54) is 0 Å². The molecule has 1 radical (unpaired) electrons. The Labute approximate surface area is 44.2 Å². The molecule has 0 aromatic carbocycles. The van der Waals surface area contributed by atoms with Gasteiger partial charge in [-0.3, -0.25) is 0 Å². The van der Waals surface area contributed by atoms with Crippen LogP contribution in [0.4, 0.5) is 8.78 Å². The first-order chi connectivity index (χ1) is 3.79. The van der Waals surface area contributed by atoms with Gasteiger partial charge < -0.3 is 0 Å². The summed E-state index contributed by atoms with van der Waals surface area (Å²) in [7, 11) is 0. The first-order valence-electron chi connectivity index (χ1n) is 1.85. The molecule has 0 unspecified atom stereocenters. The van der Waals surface area contributed by atoms with Gasteiger partial charge >= 0.3 is 0 Å². The van der Waals surface area contributed by atoms with Crippen molar-refractivity contribution in [1.29, 1.82) is 0 Å². The lowest BCUT2D eigenvalue weighted by Gasteiger charge is -1.81. The molecule has 0 atom stereocenters. The standard InChI is InChI=1S/C4HF2N2/c5-3-1-4(6)8-2-7-3/h1H. The summed E-state index contributed by atoms with van der Waals surface area (Å²) in [6, 6.07) is 0.580. The molecule has 0 spiro atoms. The number of aromatic nitrogens is 2. The summed E-state index contributed by atoms with van der Waals surface area (Å²) < 4.78 is 23.5. The third kappa shape index (κ3) is 0.959. The zero-order valence-electron chi connectivity index (χ0n) is 3.73. The summed E-state index contributed by atoms with van der Waals surface area (Å²) in [6.45, 7) is 0. The van der Waals surface area contributed by atoms with Crippen LogP contribution in [-0.2, 0) is 0 Å². The van der Waals surface area contributed by atoms with Crippen molar-refractivity contribution in [2.75, 3.05) is 0 Å². The van der Waals surface area contributed by atoms with E-state index in [2.05, 4.69) is 9.97 Å². The van der Waals surface area contributed by atoms with Crippen LogP contribution in [0.25, 0.3) is 0 Å². The van der Waals surface area contributed by atoms with Crippen molar-refractivity contribution in [1.82, 2.24) is 9.97 Å². The first kappa shape index (κ1) is 5.08. The van der Waals surface area contributed by atoms with Crippen molar-refractivity contribution in [3.63, 3.8) is 0 Å². The van der Waals surface area contributed by atoms with Gasteiger partial charge in [-0.25, -0.2) is 0 Å². The molecule has 0 aliphatic heterocycles. The Bertz CT molecular complexity index is 172. The summed E-state index contributed by atoms with van der Waals surface area (Å²) >= 11 is 0. The normalized spacial score (nSPS) is 9.25. The van der Waals surface area contributed by atoms with Gasteiger partial charge in [-0.1, -0.05) is 0 Å². The molecule has 4 heteroatoms. The minimum atomic E-state index is -0.905. The van der Waals surface area contributed by atoms with Gasteiger partial charge in [0.15, 0.2) is 0 Å². The van der Waals surface area contributed by atoms with Crippen LogP contribution in [0.1, 0.15) is 0 Å². The van der Waals surface area contributed by atoms with Crippen molar-refractivity contribution >= 4 is 0 Å². The molecule has 0 aliphatic rings. The first-order valence-corrected chi connectivity index (χ1v) is 1.85. The fourth-order valence-corrected chi connectivity index (χ4v) is 0.283. The summed E-state index contributed by atoms with van der Waals surface area (Å²) in [5, 5.41) is 0. The summed E-state index contributed by atoms with van der Waals surface area (Å²) in [5.74, 6) is -1.81. The maximum Gasteiger partial charge on any atom is 0.219 e. The van der Waals surface area contributed by atoms with Crippen LogP contribution in [0, 0.1) is 18.2 Å². The van der Waals surface area contributed by atoms with E-state index in [-0.39, 0.29) is 0 Å². The summed E-state index contributed by atoms with van der Waals surface area (Å²) in [6.07, 6.45) is 1.78. The second-order valence-corrected chi connectivity index (χ2v) is 1.11. The van der Waals surface area contributed by atoms with Gasteiger partial charge in [0, 0.05) is 6.07 Å². The molecule has 0 fully saturated rings. The van der Waals surface area contributed by atoms with Crippen LogP contribution < -0.4 is 0 Å². The van der Waals surface area contributed by atoms with Crippen LogP contribution in [0.2, 0.25) is 0 Å². The van der Waals surface area contributed by atoms with Gasteiger partial charge in [0.2, 0.25) is 18.2 Å². The van der Waals surface area contributed by atoms with Crippen LogP contribution in [0.5, 0.6) is 0 Å². The average molecular weight is 115 g/mol. The number of hydrogen-bond acceptors (Lipinski definition) is 2. The van der Waals surface area contributed by atoms with E-state index in [0.29, 0.717) is 6.07 Å². The van der Waals surface area contributed by atoms with Gasteiger partial charge in [-0.15, -0.1) is 0 Å². The van der Waals surface area contributed by atoms with Crippen molar-refractivity contribution in [2.45, 2.75) is 0 Å². The molecule has 0 aliphatic carbocycles. The van der Waals surface area contributed by atoms with Crippen LogP contribution in [-0.4, -0.2) is 9.97 Å². The monoisotopic (exact) mass is 115 g/mol. The fourth-order valence-electron chi connectivity index (χ4n) is 0.283. The summed E-state index contributed by atoms with van der Waals surface area (Å²) in [5.41, 5.74) is 0. The molecule has 2 nitrogen and oxygen atoms in total. The Hall–Kier alpha value is -1.06. The third-order valence-corrected chi connectivity index (χ3v) is 0.552. The maximum absolute atomic E-state index is 11.7. The van der Waals surface area contributed by atoms with Crippen molar-refractivity contribution in [3.05, 3.63) is 24.3 Å². The Kier molecular flexibility index (Phi) is 1.15. The number of hydrogen-bond donors (Lipinski definition) is 0. The predicted molar refractivity (Wildman–Crippen MR) is 20.8 cm³/mol. The third-order valence-electron chi connectivity index (χ3n) is 0.552. The molecular weight excluding hydrogens is 114 g/mol. The molecule has 0 saturated carbocycles. The zero-order chi connectivity index (χ0) is 5.98. The topological polar surface area (TPSA) is 25.8 Å². The predicted octanol–water partition coefficient (Wildman–Crippen LogP) is 0.555. The molecule has 1 rings (SSSR count). The van der Waals surface area contributed by atoms with Gasteiger partial charge in [-0.2, -0.15) is 18.7 Å². The van der Waals surface area contributed by atoms with E-state index in [1.54, 1.807) is 6.33 Å². The second kappa shape index (κ2) is 1.81. The number of rotatable bonds is 0. The Morgan fingerprint density at radius 1 is 1.25 bits per heavy atom. The van der Waals surface area contributed by atoms with Gasteiger partial charge in [-0.05, 0) is 0 Å². The van der Waals surface area contributed by atoms with E-state index in [0.717, 1.165) is 0 Å².